The third-order valence-electron chi connectivity index (χ3n) is 4.65. The van der Waals surface area contributed by atoms with Gasteiger partial charge in [-0.15, -0.1) is 12.4 Å². The van der Waals surface area contributed by atoms with Crippen molar-refractivity contribution in [3.05, 3.63) is 65.7 Å². The molecule has 0 aliphatic carbocycles. The molecule has 0 aromatic heterocycles. The molecule has 28 heavy (non-hydrogen) atoms. The molecule has 2 aromatic carbocycles. The van der Waals surface area contributed by atoms with E-state index in [0.29, 0.717) is 0 Å². The summed E-state index contributed by atoms with van der Waals surface area (Å²) in [6, 6.07) is 15.4. The number of amides is 1. The van der Waals surface area contributed by atoms with Gasteiger partial charge in [-0.05, 0) is 30.2 Å². The normalized spacial score (nSPS) is 14.6. The Morgan fingerprint density at radius 2 is 1.50 bits per heavy atom. The molecule has 3 unspecified atom stereocenters. The molecule has 0 heterocycles. The number of halogens is 1. The lowest BCUT2D eigenvalue weighted by molar-refractivity contribution is -0.125. The van der Waals surface area contributed by atoms with Crippen molar-refractivity contribution in [1.82, 2.24) is 9.62 Å². The smallest absolute Gasteiger partial charge is 0.242 e. The van der Waals surface area contributed by atoms with Crippen molar-refractivity contribution in [3.8, 4) is 0 Å². The van der Waals surface area contributed by atoms with Gasteiger partial charge in [0.05, 0.1) is 16.9 Å². The van der Waals surface area contributed by atoms with Gasteiger partial charge in [-0.2, -0.15) is 0 Å². The third-order valence-corrected chi connectivity index (χ3v) is 6.48. The van der Waals surface area contributed by atoms with Crippen LogP contribution in [0, 0.1) is 5.92 Å². The summed E-state index contributed by atoms with van der Waals surface area (Å²) in [6.07, 6.45) is 0. The van der Waals surface area contributed by atoms with Gasteiger partial charge in [-0.3, -0.25) is 4.79 Å². The summed E-state index contributed by atoms with van der Waals surface area (Å²) in [6.45, 7) is 3.65. The van der Waals surface area contributed by atoms with Crippen molar-refractivity contribution >= 4 is 28.3 Å². The molecule has 0 aliphatic heterocycles. The molecular weight excluding hydrogens is 398 g/mol. The molecule has 8 heteroatoms. The number of nitrogens with one attached hydrogen (secondary N) is 1. The highest BCUT2D eigenvalue weighted by Gasteiger charge is 2.24. The fourth-order valence-corrected chi connectivity index (χ4v) is 3.60. The summed E-state index contributed by atoms with van der Waals surface area (Å²) in [5.41, 5.74) is 7.95. The van der Waals surface area contributed by atoms with E-state index in [1.807, 2.05) is 37.3 Å². The Labute approximate surface area is 173 Å². The van der Waals surface area contributed by atoms with Gasteiger partial charge in [0.15, 0.2) is 0 Å². The van der Waals surface area contributed by atoms with Crippen LogP contribution in [0.1, 0.15) is 37.1 Å². The van der Waals surface area contributed by atoms with Gasteiger partial charge in [0, 0.05) is 20.1 Å². The van der Waals surface area contributed by atoms with Crippen LogP contribution in [0.5, 0.6) is 0 Å². The van der Waals surface area contributed by atoms with Crippen molar-refractivity contribution in [2.24, 2.45) is 11.7 Å². The quantitative estimate of drug-likeness (QED) is 0.713. The summed E-state index contributed by atoms with van der Waals surface area (Å²) in [5.74, 6) is -0.549. The van der Waals surface area contributed by atoms with E-state index >= 15 is 0 Å². The first kappa shape index (κ1) is 24.1. The first-order chi connectivity index (χ1) is 12.6. The lowest BCUT2D eigenvalue weighted by atomic mass is 9.94. The Kier molecular flexibility index (Phi) is 8.63. The zero-order valence-electron chi connectivity index (χ0n) is 16.5. The largest absolute Gasteiger partial charge is 0.349 e. The average molecular weight is 426 g/mol. The van der Waals surface area contributed by atoms with Crippen molar-refractivity contribution in [3.63, 3.8) is 0 Å². The molecule has 1 amide bonds. The van der Waals surface area contributed by atoms with Gasteiger partial charge < -0.3 is 11.1 Å². The Balaban J connectivity index is 0.00000392. The topological polar surface area (TPSA) is 92.5 Å². The second-order valence-electron chi connectivity index (χ2n) is 6.81. The standard InChI is InChI=1S/C20H27N3O3S.ClH/c1-14(19(21)17-8-6-5-7-9-17)20(24)22-15(2)16-10-12-18(13-11-16)27(25,26)23(3)4;/h5-15,19H,21H2,1-4H3,(H,22,24);1H. The van der Waals surface area contributed by atoms with Crippen LogP contribution in [0.15, 0.2) is 59.5 Å². The predicted octanol–water partition coefficient (Wildman–Crippen LogP) is 2.87. The molecule has 0 saturated heterocycles. The molecule has 0 bridgehead atoms. The summed E-state index contributed by atoms with van der Waals surface area (Å²) >= 11 is 0. The van der Waals surface area contributed by atoms with Crippen molar-refractivity contribution < 1.29 is 13.2 Å². The Morgan fingerprint density at radius 1 is 0.964 bits per heavy atom. The van der Waals surface area contributed by atoms with Gasteiger partial charge in [-0.25, -0.2) is 12.7 Å². The molecule has 0 fully saturated rings. The first-order valence-electron chi connectivity index (χ1n) is 8.78. The van der Waals surface area contributed by atoms with Gasteiger partial charge in [0.2, 0.25) is 15.9 Å². The minimum absolute atomic E-state index is 0. The molecule has 0 aliphatic rings. The molecular formula is C20H28ClN3O3S. The lowest BCUT2D eigenvalue weighted by Crippen LogP contribution is -2.36. The fourth-order valence-electron chi connectivity index (χ4n) is 2.69. The number of rotatable bonds is 7. The lowest BCUT2D eigenvalue weighted by Gasteiger charge is -2.23. The highest BCUT2D eigenvalue weighted by molar-refractivity contribution is 7.89. The average Bonchev–Trinajstić information content (AvgIpc) is 2.67. The predicted molar refractivity (Wildman–Crippen MR) is 114 cm³/mol. The van der Waals surface area contributed by atoms with E-state index in [-0.39, 0.29) is 29.3 Å². The second kappa shape index (κ2) is 10.0. The number of nitrogens with two attached hydrogens (primary N) is 1. The Bertz CT molecular complexity index is 871. The van der Waals surface area contributed by atoms with Crippen LogP contribution in [-0.2, 0) is 14.8 Å². The molecule has 2 aromatic rings. The highest BCUT2D eigenvalue weighted by atomic mass is 35.5. The van der Waals surface area contributed by atoms with E-state index in [0.717, 1.165) is 11.1 Å². The van der Waals surface area contributed by atoms with Crippen molar-refractivity contribution in [2.75, 3.05) is 14.1 Å². The van der Waals surface area contributed by atoms with Gasteiger partial charge in [0.25, 0.3) is 0 Å². The Hall–Kier alpha value is -1.93. The van der Waals surface area contributed by atoms with E-state index in [4.69, 9.17) is 5.73 Å². The van der Waals surface area contributed by atoms with Crippen LogP contribution in [0.3, 0.4) is 0 Å². The number of carbonyl (C=O) groups is 1. The molecule has 2 rings (SSSR count). The molecule has 0 radical (unpaired) electrons. The van der Waals surface area contributed by atoms with E-state index < -0.39 is 22.0 Å². The molecule has 3 N–H and O–H groups in total. The number of benzene rings is 2. The molecule has 3 atom stereocenters. The minimum Gasteiger partial charge on any atom is -0.349 e. The fraction of sp³-hybridized carbons (Fsp3) is 0.350. The molecule has 0 spiro atoms. The number of hydrogen-bond donors (Lipinski definition) is 2. The monoisotopic (exact) mass is 425 g/mol. The Morgan fingerprint density at radius 3 is 2.00 bits per heavy atom. The number of hydrogen-bond acceptors (Lipinski definition) is 4. The van der Waals surface area contributed by atoms with Crippen LogP contribution in [0.4, 0.5) is 0 Å². The zero-order valence-corrected chi connectivity index (χ0v) is 18.1. The van der Waals surface area contributed by atoms with E-state index in [1.54, 1.807) is 31.2 Å². The zero-order chi connectivity index (χ0) is 20.2. The minimum atomic E-state index is -3.47. The summed E-state index contributed by atoms with van der Waals surface area (Å²) in [5, 5.41) is 2.95. The number of carbonyl (C=O) groups excluding carboxylic acids is 1. The molecule has 154 valence electrons. The van der Waals surface area contributed by atoms with Gasteiger partial charge in [0.1, 0.15) is 0 Å². The van der Waals surface area contributed by atoms with E-state index in [1.165, 1.54) is 18.4 Å². The summed E-state index contributed by atoms with van der Waals surface area (Å²) < 4.78 is 25.4. The summed E-state index contributed by atoms with van der Waals surface area (Å²) in [7, 11) is -0.489. The second-order valence-corrected chi connectivity index (χ2v) is 8.96. The molecule has 0 saturated carbocycles. The van der Waals surface area contributed by atoms with Crippen LogP contribution in [0.25, 0.3) is 0 Å². The van der Waals surface area contributed by atoms with Crippen molar-refractivity contribution in [1.29, 1.82) is 0 Å². The first-order valence-corrected chi connectivity index (χ1v) is 10.2. The summed E-state index contributed by atoms with van der Waals surface area (Å²) in [4.78, 5) is 12.8. The maximum atomic E-state index is 12.6. The maximum Gasteiger partial charge on any atom is 0.242 e. The van der Waals surface area contributed by atoms with Crippen LogP contribution in [0.2, 0.25) is 0 Å². The number of nitrogens with zero attached hydrogens (tertiary/aromatic N) is 1. The van der Waals surface area contributed by atoms with Gasteiger partial charge >= 0.3 is 0 Å². The maximum absolute atomic E-state index is 12.6. The van der Waals surface area contributed by atoms with E-state index in [9.17, 15) is 13.2 Å². The van der Waals surface area contributed by atoms with Crippen molar-refractivity contribution in [2.45, 2.75) is 30.8 Å². The van der Waals surface area contributed by atoms with Crippen LogP contribution in [-0.4, -0.2) is 32.7 Å². The van der Waals surface area contributed by atoms with E-state index in [2.05, 4.69) is 5.32 Å². The van der Waals surface area contributed by atoms with Gasteiger partial charge in [-0.1, -0.05) is 49.4 Å². The third kappa shape index (κ3) is 5.54. The SMILES string of the molecule is CC(NC(=O)C(C)C(N)c1ccccc1)c1ccc(S(=O)(=O)N(C)C)cc1.Cl. The highest BCUT2D eigenvalue weighted by Crippen LogP contribution is 2.22. The van der Waals surface area contributed by atoms with Crippen LogP contribution >= 0.6 is 12.4 Å². The number of sulfonamides is 1. The van der Waals surface area contributed by atoms with Crippen LogP contribution < -0.4 is 11.1 Å². The molecule has 6 nitrogen and oxygen atoms in total.